The standard InChI is InChI=1S/C25H50O5.C16H32O4/c1-3-5-7-9-10-11-12-14-16-18-25(28)30-24(17-15-13-8-6-4-2)19-20-29-22-23(27)21-26;1-4-5-6-7-8-9-14(17)10-11-18-12-15-13-19-16(2,3)20-15/h23-24,26-27H,3-22H2,1-2H3;14-15,17H,4-13H2,1-3H3/t23-,24-;14-,15-/m11/s1. The van der Waals surface area contributed by atoms with Crippen LogP contribution in [0.15, 0.2) is 0 Å². The van der Waals surface area contributed by atoms with Gasteiger partial charge in [0.1, 0.15) is 18.3 Å². The van der Waals surface area contributed by atoms with Gasteiger partial charge in [0.15, 0.2) is 5.79 Å². The van der Waals surface area contributed by atoms with Gasteiger partial charge in [-0.2, -0.15) is 0 Å². The van der Waals surface area contributed by atoms with Gasteiger partial charge in [0.25, 0.3) is 0 Å². The van der Waals surface area contributed by atoms with E-state index in [9.17, 15) is 15.0 Å². The predicted octanol–water partition coefficient (Wildman–Crippen LogP) is 9.21. The third-order valence-electron chi connectivity index (χ3n) is 9.12. The first-order chi connectivity index (χ1) is 24.2. The summed E-state index contributed by atoms with van der Waals surface area (Å²) in [6.07, 6.45) is 25.8. The molecule has 0 aromatic rings. The fourth-order valence-electron chi connectivity index (χ4n) is 5.96. The van der Waals surface area contributed by atoms with Crippen molar-refractivity contribution in [2.24, 2.45) is 0 Å². The lowest BCUT2D eigenvalue weighted by Gasteiger charge is -2.18. The van der Waals surface area contributed by atoms with E-state index in [0.717, 1.165) is 38.5 Å². The molecule has 0 aliphatic carbocycles. The molecule has 0 amide bonds. The Hall–Kier alpha value is -0.810. The molecule has 9 heteroatoms. The molecule has 1 aliphatic heterocycles. The number of unbranched alkanes of at least 4 members (excludes halogenated alkanes) is 16. The molecule has 4 atom stereocenters. The maximum absolute atomic E-state index is 12.2. The van der Waals surface area contributed by atoms with Gasteiger partial charge < -0.3 is 39.0 Å². The van der Waals surface area contributed by atoms with Crippen LogP contribution < -0.4 is 0 Å². The lowest BCUT2D eigenvalue weighted by Crippen LogP contribution is -2.24. The molecule has 300 valence electrons. The Morgan fingerprint density at radius 3 is 1.74 bits per heavy atom. The molecule has 0 bridgehead atoms. The molecule has 0 aromatic carbocycles. The lowest BCUT2D eigenvalue weighted by molar-refractivity contribution is -0.150. The van der Waals surface area contributed by atoms with E-state index in [2.05, 4.69) is 20.8 Å². The minimum atomic E-state index is -0.841. The fourth-order valence-corrected chi connectivity index (χ4v) is 5.96. The van der Waals surface area contributed by atoms with Crippen molar-refractivity contribution in [2.75, 3.05) is 39.6 Å². The second kappa shape index (κ2) is 35.2. The lowest BCUT2D eigenvalue weighted by atomic mass is 10.1. The van der Waals surface area contributed by atoms with Crippen LogP contribution in [0, 0.1) is 0 Å². The molecule has 0 radical (unpaired) electrons. The van der Waals surface area contributed by atoms with Gasteiger partial charge in [-0.1, -0.05) is 130 Å². The van der Waals surface area contributed by atoms with Crippen LogP contribution in [0.3, 0.4) is 0 Å². The minimum absolute atomic E-state index is 0.0242. The minimum Gasteiger partial charge on any atom is -0.462 e. The van der Waals surface area contributed by atoms with Crippen molar-refractivity contribution in [3.8, 4) is 0 Å². The van der Waals surface area contributed by atoms with Crippen LogP contribution in [0.25, 0.3) is 0 Å². The first-order valence-corrected chi connectivity index (χ1v) is 20.8. The van der Waals surface area contributed by atoms with Crippen LogP contribution in [0.2, 0.25) is 0 Å². The number of ether oxygens (including phenoxy) is 5. The van der Waals surface area contributed by atoms with E-state index in [1.807, 2.05) is 13.8 Å². The molecule has 9 nitrogen and oxygen atoms in total. The second-order valence-electron chi connectivity index (χ2n) is 14.8. The third kappa shape index (κ3) is 33.1. The number of hydrogen-bond acceptors (Lipinski definition) is 9. The number of carbonyl (C=O) groups is 1. The Balaban J connectivity index is 0.00000104. The van der Waals surface area contributed by atoms with Crippen LogP contribution in [-0.2, 0) is 28.5 Å². The van der Waals surface area contributed by atoms with Crippen molar-refractivity contribution in [1.29, 1.82) is 0 Å². The van der Waals surface area contributed by atoms with Gasteiger partial charge in [-0.15, -0.1) is 0 Å². The van der Waals surface area contributed by atoms with Crippen LogP contribution in [0.1, 0.15) is 189 Å². The van der Waals surface area contributed by atoms with E-state index in [0.29, 0.717) is 45.7 Å². The summed E-state index contributed by atoms with van der Waals surface area (Å²) in [5.74, 6) is -0.571. The summed E-state index contributed by atoms with van der Waals surface area (Å²) in [5, 5.41) is 28.0. The SMILES string of the molecule is CCCCCCCCCCCC(=O)O[C@H](CCCCCCC)CCOC[C@H](O)CO.CCCCCCC[C@@H](O)CCOC[C@@H]1COC(C)(C)O1. The van der Waals surface area contributed by atoms with Gasteiger partial charge in [0.2, 0.25) is 0 Å². The summed E-state index contributed by atoms with van der Waals surface area (Å²) >= 11 is 0. The Bertz CT molecular complexity index is 720. The molecule has 0 aromatic heterocycles. The maximum atomic E-state index is 12.2. The molecule has 0 unspecified atom stereocenters. The Morgan fingerprint density at radius 2 is 1.20 bits per heavy atom. The van der Waals surface area contributed by atoms with Crippen molar-refractivity contribution in [1.82, 2.24) is 0 Å². The highest BCUT2D eigenvalue weighted by Gasteiger charge is 2.32. The molecule has 1 heterocycles. The van der Waals surface area contributed by atoms with Gasteiger partial charge in [-0.05, 0) is 46.0 Å². The van der Waals surface area contributed by atoms with E-state index in [-0.39, 0.29) is 37.5 Å². The zero-order valence-corrected chi connectivity index (χ0v) is 33.3. The van der Waals surface area contributed by atoms with Crippen molar-refractivity contribution >= 4 is 5.97 Å². The fraction of sp³-hybridized carbons (Fsp3) is 0.976. The number of carbonyl (C=O) groups excluding carboxylic acids is 1. The predicted molar refractivity (Wildman–Crippen MR) is 203 cm³/mol. The highest BCUT2D eigenvalue weighted by molar-refractivity contribution is 5.69. The normalized spacial score (nSPS) is 17.2. The molecule has 50 heavy (non-hydrogen) atoms. The second-order valence-corrected chi connectivity index (χ2v) is 14.8. The van der Waals surface area contributed by atoms with E-state index >= 15 is 0 Å². The van der Waals surface area contributed by atoms with E-state index in [1.54, 1.807) is 0 Å². The zero-order valence-electron chi connectivity index (χ0n) is 33.3. The molecule has 1 saturated heterocycles. The Kier molecular flexibility index (Phi) is 34.7. The number of aliphatic hydroxyl groups is 3. The first kappa shape index (κ1) is 49.2. The topological polar surface area (TPSA) is 124 Å². The van der Waals surface area contributed by atoms with E-state index < -0.39 is 11.9 Å². The average Bonchev–Trinajstić information content (AvgIpc) is 3.45. The number of hydrogen-bond donors (Lipinski definition) is 3. The van der Waals surface area contributed by atoms with E-state index in [4.69, 9.17) is 28.8 Å². The van der Waals surface area contributed by atoms with Gasteiger partial charge in [-0.3, -0.25) is 4.79 Å². The number of rotatable bonds is 34. The van der Waals surface area contributed by atoms with Gasteiger partial charge in [0.05, 0.1) is 39.1 Å². The van der Waals surface area contributed by atoms with E-state index in [1.165, 1.54) is 96.3 Å². The van der Waals surface area contributed by atoms with Crippen LogP contribution in [0.5, 0.6) is 0 Å². The molecular formula is C41H82O9. The Morgan fingerprint density at radius 1 is 0.680 bits per heavy atom. The average molecular weight is 719 g/mol. The Labute approximate surface area is 307 Å². The van der Waals surface area contributed by atoms with Crippen LogP contribution in [0.4, 0.5) is 0 Å². The zero-order chi connectivity index (χ0) is 37.1. The number of esters is 1. The van der Waals surface area contributed by atoms with Crippen molar-refractivity contribution in [3.63, 3.8) is 0 Å². The van der Waals surface area contributed by atoms with Crippen molar-refractivity contribution in [2.45, 2.75) is 219 Å². The van der Waals surface area contributed by atoms with Crippen LogP contribution in [-0.4, -0.2) is 91.1 Å². The summed E-state index contributed by atoms with van der Waals surface area (Å²) in [4.78, 5) is 12.2. The highest BCUT2D eigenvalue weighted by atomic mass is 16.7. The van der Waals surface area contributed by atoms with Crippen molar-refractivity contribution in [3.05, 3.63) is 0 Å². The summed E-state index contributed by atoms with van der Waals surface area (Å²) in [7, 11) is 0. The molecule has 1 fully saturated rings. The smallest absolute Gasteiger partial charge is 0.306 e. The third-order valence-corrected chi connectivity index (χ3v) is 9.12. The van der Waals surface area contributed by atoms with Crippen LogP contribution >= 0.6 is 0 Å². The summed E-state index contributed by atoms with van der Waals surface area (Å²) in [6, 6.07) is 0. The quantitative estimate of drug-likeness (QED) is 0.0441. The molecule has 1 aliphatic rings. The number of aliphatic hydroxyl groups excluding tert-OH is 3. The van der Waals surface area contributed by atoms with Gasteiger partial charge in [0, 0.05) is 19.4 Å². The monoisotopic (exact) mass is 719 g/mol. The molecular weight excluding hydrogens is 636 g/mol. The molecule has 1 rings (SSSR count). The van der Waals surface area contributed by atoms with Gasteiger partial charge in [-0.25, -0.2) is 0 Å². The highest BCUT2D eigenvalue weighted by Crippen LogP contribution is 2.22. The molecule has 3 N–H and O–H groups in total. The summed E-state index contributed by atoms with van der Waals surface area (Å²) in [5.41, 5.74) is 0. The van der Waals surface area contributed by atoms with Crippen molar-refractivity contribution < 1.29 is 43.8 Å². The molecule has 0 saturated carbocycles. The first-order valence-electron chi connectivity index (χ1n) is 20.8. The maximum Gasteiger partial charge on any atom is 0.306 e. The largest absolute Gasteiger partial charge is 0.462 e. The summed E-state index contributed by atoms with van der Waals surface area (Å²) in [6.45, 7) is 12.5. The summed E-state index contributed by atoms with van der Waals surface area (Å²) < 4.78 is 27.8. The van der Waals surface area contributed by atoms with Gasteiger partial charge >= 0.3 is 5.97 Å². The molecule has 0 spiro atoms.